The molecule has 1 saturated carbocycles. The Morgan fingerprint density at radius 1 is 1.47 bits per heavy atom. The van der Waals surface area contributed by atoms with E-state index in [0.29, 0.717) is 23.8 Å². The highest BCUT2D eigenvalue weighted by atomic mass is 19.1. The van der Waals surface area contributed by atoms with Crippen LogP contribution in [0.5, 0.6) is 5.75 Å². The molecule has 0 aromatic heterocycles. The van der Waals surface area contributed by atoms with Gasteiger partial charge in [-0.1, -0.05) is 0 Å². The second-order valence-electron chi connectivity index (χ2n) is 4.43. The molecule has 0 aliphatic heterocycles. The Labute approximate surface area is 100 Å². The molecule has 1 atom stereocenters. The van der Waals surface area contributed by atoms with Crippen LogP contribution in [-0.4, -0.2) is 18.5 Å². The Morgan fingerprint density at radius 2 is 2.24 bits per heavy atom. The predicted molar refractivity (Wildman–Crippen MR) is 61.2 cm³/mol. The lowest BCUT2D eigenvalue weighted by Crippen LogP contribution is -2.07. The quantitative estimate of drug-likeness (QED) is 0.613. The number of benzene rings is 1. The van der Waals surface area contributed by atoms with Crippen molar-refractivity contribution >= 4 is 0 Å². The standard InChI is InChI=1S/C13H17FO3/c1-9(15)12-6-11(14)4-5-13(12)17-8-16-7-10-2-3-10/h4-6,9-10,15H,2-3,7-8H2,1H3/t9-/m0/s1. The van der Waals surface area contributed by atoms with Crippen LogP contribution in [-0.2, 0) is 4.74 Å². The fourth-order valence-corrected chi connectivity index (χ4v) is 1.58. The molecule has 0 radical (unpaired) electrons. The van der Waals surface area contributed by atoms with Crippen LogP contribution in [0, 0.1) is 11.7 Å². The topological polar surface area (TPSA) is 38.7 Å². The molecule has 2 rings (SSSR count). The van der Waals surface area contributed by atoms with E-state index < -0.39 is 6.10 Å². The van der Waals surface area contributed by atoms with Crippen LogP contribution in [0.25, 0.3) is 0 Å². The fraction of sp³-hybridized carbons (Fsp3) is 0.538. The van der Waals surface area contributed by atoms with Gasteiger partial charge in [0, 0.05) is 5.56 Å². The lowest BCUT2D eigenvalue weighted by atomic mass is 10.1. The van der Waals surface area contributed by atoms with Gasteiger partial charge < -0.3 is 14.6 Å². The molecular formula is C13H17FO3. The normalized spacial score (nSPS) is 16.9. The summed E-state index contributed by atoms with van der Waals surface area (Å²) in [4.78, 5) is 0. The van der Waals surface area contributed by atoms with Crippen molar-refractivity contribution in [2.24, 2.45) is 5.92 Å². The van der Waals surface area contributed by atoms with Crippen molar-refractivity contribution in [3.63, 3.8) is 0 Å². The maximum absolute atomic E-state index is 13.0. The van der Waals surface area contributed by atoms with Crippen molar-refractivity contribution in [2.75, 3.05) is 13.4 Å². The number of hydrogen-bond donors (Lipinski definition) is 1. The van der Waals surface area contributed by atoms with Crippen molar-refractivity contribution in [3.8, 4) is 5.75 Å². The molecule has 4 heteroatoms. The Bertz CT molecular complexity index is 375. The van der Waals surface area contributed by atoms with Crippen molar-refractivity contribution < 1.29 is 19.0 Å². The first-order valence-electron chi connectivity index (χ1n) is 5.85. The highest BCUT2D eigenvalue weighted by Crippen LogP contribution is 2.29. The SMILES string of the molecule is C[C@H](O)c1cc(F)ccc1OCOCC1CC1. The highest BCUT2D eigenvalue weighted by Gasteiger charge is 2.21. The smallest absolute Gasteiger partial charge is 0.189 e. The molecule has 3 nitrogen and oxygen atoms in total. The number of rotatable bonds is 6. The van der Waals surface area contributed by atoms with E-state index in [1.54, 1.807) is 6.92 Å². The van der Waals surface area contributed by atoms with E-state index >= 15 is 0 Å². The first-order chi connectivity index (χ1) is 8.16. The summed E-state index contributed by atoms with van der Waals surface area (Å²) in [5.41, 5.74) is 0.444. The number of aliphatic hydroxyl groups excluding tert-OH is 1. The zero-order chi connectivity index (χ0) is 12.3. The third-order valence-corrected chi connectivity index (χ3v) is 2.77. The Balaban J connectivity index is 1.89. The van der Waals surface area contributed by atoms with E-state index in [1.807, 2.05) is 0 Å². The van der Waals surface area contributed by atoms with Crippen LogP contribution in [0.2, 0.25) is 0 Å². The molecule has 1 aliphatic rings. The minimum absolute atomic E-state index is 0.141. The lowest BCUT2D eigenvalue weighted by molar-refractivity contribution is 0.00825. The summed E-state index contributed by atoms with van der Waals surface area (Å²) >= 11 is 0. The maximum atomic E-state index is 13.0. The molecule has 0 spiro atoms. The maximum Gasteiger partial charge on any atom is 0.189 e. The second-order valence-corrected chi connectivity index (χ2v) is 4.43. The first-order valence-corrected chi connectivity index (χ1v) is 5.85. The zero-order valence-electron chi connectivity index (χ0n) is 9.86. The van der Waals surface area contributed by atoms with Gasteiger partial charge in [0.2, 0.25) is 0 Å². The van der Waals surface area contributed by atoms with Crippen molar-refractivity contribution in [2.45, 2.75) is 25.9 Å². The van der Waals surface area contributed by atoms with Gasteiger partial charge in [0.05, 0.1) is 12.7 Å². The third-order valence-electron chi connectivity index (χ3n) is 2.77. The van der Waals surface area contributed by atoms with Gasteiger partial charge in [-0.05, 0) is 43.9 Å². The molecule has 1 aromatic carbocycles. The van der Waals surface area contributed by atoms with Gasteiger partial charge in [-0.2, -0.15) is 0 Å². The molecule has 1 aromatic rings. The van der Waals surface area contributed by atoms with Crippen LogP contribution in [0.15, 0.2) is 18.2 Å². The van der Waals surface area contributed by atoms with Gasteiger partial charge in [0.25, 0.3) is 0 Å². The van der Waals surface area contributed by atoms with Crippen LogP contribution in [0.3, 0.4) is 0 Å². The van der Waals surface area contributed by atoms with E-state index in [2.05, 4.69) is 0 Å². The van der Waals surface area contributed by atoms with Gasteiger partial charge in [-0.3, -0.25) is 0 Å². The van der Waals surface area contributed by atoms with E-state index in [4.69, 9.17) is 9.47 Å². The van der Waals surface area contributed by atoms with E-state index in [0.717, 1.165) is 0 Å². The minimum atomic E-state index is -0.760. The molecule has 0 unspecified atom stereocenters. The Hall–Kier alpha value is -1.13. The molecule has 0 heterocycles. The molecule has 94 valence electrons. The monoisotopic (exact) mass is 240 g/mol. The summed E-state index contributed by atoms with van der Waals surface area (Å²) in [7, 11) is 0. The summed E-state index contributed by atoms with van der Waals surface area (Å²) in [6, 6.07) is 4.10. The number of aliphatic hydroxyl groups is 1. The van der Waals surface area contributed by atoms with Crippen molar-refractivity contribution in [1.29, 1.82) is 0 Å². The molecule has 1 N–H and O–H groups in total. The van der Waals surface area contributed by atoms with Gasteiger partial charge in [0.15, 0.2) is 6.79 Å². The van der Waals surface area contributed by atoms with Crippen LogP contribution >= 0.6 is 0 Å². The molecule has 0 bridgehead atoms. The number of halogens is 1. The molecule has 0 amide bonds. The molecule has 1 aliphatic carbocycles. The third kappa shape index (κ3) is 3.68. The summed E-state index contributed by atoms with van der Waals surface area (Å²) in [6.07, 6.45) is 1.70. The van der Waals surface area contributed by atoms with Crippen molar-refractivity contribution in [3.05, 3.63) is 29.6 Å². The molecule has 1 fully saturated rings. The fourth-order valence-electron chi connectivity index (χ4n) is 1.58. The van der Waals surface area contributed by atoms with E-state index in [-0.39, 0.29) is 12.6 Å². The summed E-state index contributed by atoms with van der Waals surface area (Å²) in [5.74, 6) is 0.771. The predicted octanol–water partition coefficient (Wildman–Crippen LogP) is 2.64. The molecule has 17 heavy (non-hydrogen) atoms. The highest BCUT2D eigenvalue weighted by molar-refractivity contribution is 5.35. The lowest BCUT2D eigenvalue weighted by Gasteiger charge is -2.13. The van der Waals surface area contributed by atoms with Gasteiger partial charge in [-0.15, -0.1) is 0 Å². The van der Waals surface area contributed by atoms with Gasteiger partial charge >= 0.3 is 0 Å². The molecule has 0 saturated heterocycles. The van der Waals surface area contributed by atoms with Crippen LogP contribution in [0.4, 0.5) is 4.39 Å². The number of ether oxygens (including phenoxy) is 2. The average molecular weight is 240 g/mol. The zero-order valence-corrected chi connectivity index (χ0v) is 9.86. The van der Waals surface area contributed by atoms with Gasteiger partial charge in [0.1, 0.15) is 11.6 Å². The molecular weight excluding hydrogens is 223 g/mol. The Morgan fingerprint density at radius 3 is 2.88 bits per heavy atom. The number of hydrogen-bond acceptors (Lipinski definition) is 3. The summed E-state index contributed by atoms with van der Waals surface area (Å²) < 4.78 is 23.7. The van der Waals surface area contributed by atoms with Gasteiger partial charge in [-0.25, -0.2) is 4.39 Å². The van der Waals surface area contributed by atoms with Crippen molar-refractivity contribution in [1.82, 2.24) is 0 Å². The van der Waals surface area contributed by atoms with Crippen LogP contribution < -0.4 is 4.74 Å². The summed E-state index contributed by atoms with van der Waals surface area (Å²) in [5, 5.41) is 9.50. The second kappa shape index (κ2) is 5.47. The first kappa shape index (κ1) is 12.3. The van der Waals surface area contributed by atoms with E-state index in [9.17, 15) is 9.50 Å². The van der Waals surface area contributed by atoms with Crippen LogP contribution in [0.1, 0.15) is 31.4 Å². The largest absolute Gasteiger partial charge is 0.467 e. The summed E-state index contributed by atoms with van der Waals surface area (Å²) in [6.45, 7) is 2.43. The Kier molecular flexibility index (Phi) is 3.97. The average Bonchev–Trinajstić information content (AvgIpc) is 3.09. The minimum Gasteiger partial charge on any atom is -0.467 e. The van der Waals surface area contributed by atoms with E-state index in [1.165, 1.54) is 31.0 Å².